The Morgan fingerprint density at radius 1 is 0.938 bits per heavy atom. The van der Waals surface area contributed by atoms with Crippen molar-refractivity contribution >= 4 is 5.78 Å². The molecule has 16 heavy (non-hydrogen) atoms. The summed E-state index contributed by atoms with van der Waals surface area (Å²) in [6.45, 7) is 8.14. The highest BCUT2D eigenvalue weighted by atomic mass is 16.1. The van der Waals surface area contributed by atoms with E-state index in [2.05, 4.69) is 38.1 Å². The van der Waals surface area contributed by atoms with Gasteiger partial charge in [-0.25, -0.2) is 0 Å². The number of ketones is 1. The molecular formula is C15H24O. The van der Waals surface area contributed by atoms with E-state index in [9.17, 15) is 4.79 Å². The van der Waals surface area contributed by atoms with E-state index in [-0.39, 0.29) is 0 Å². The third-order valence-corrected chi connectivity index (χ3v) is 2.60. The topological polar surface area (TPSA) is 17.1 Å². The van der Waals surface area contributed by atoms with Crippen LogP contribution in [0.3, 0.4) is 0 Å². The molecule has 0 atom stereocenters. The lowest BCUT2D eigenvalue weighted by Crippen LogP contribution is -1.88. The third-order valence-electron chi connectivity index (χ3n) is 2.60. The molecule has 0 N–H and O–H groups in total. The first-order valence-corrected chi connectivity index (χ1v) is 6.27. The average molecular weight is 220 g/mol. The fourth-order valence-electron chi connectivity index (χ4n) is 1.32. The van der Waals surface area contributed by atoms with Crippen molar-refractivity contribution in [3.8, 4) is 0 Å². The number of carbonyl (C=O) groups excluding carboxylic acids is 1. The van der Waals surface area contributed by atoms with Crippen molar-refractivity contribution in [1.29, 1.82) is 0 Å². The van der Waals surface area contributed by atoms with Gasteiger partial charge in [0.2, 0.25) is 0 Å². The van der Waals surface area contributed by atoms with Crippen molar-refractivity contribution in [3.05, 3.63) is 35.4 Å². The minimum Gasteiger partial charge on any atom is -0.300 e. The molecule has 1 heteroatoms. The van der Waals surface area contributed by atoms with E-state index in [4.69, 9.17) is 0 Å². The minimum atomic E-state index is 0.343. The van der Waals surface area contributed by atoms with Crippen LogP contribution >= 0.6 is 0 Å². The second-order valence-corrected chi connectivity index (χ2v) is 3.77. The molecule has 1 rings (SSSR count). The summed E-state index contributed by atoms with van der Waals surface area (Å²) in [4.78, 5) is 10.2. The average Bonchev–Trinajstić information content (AvgIpc) is 2.38. The standard InChI is InChI=1S/C10H14.C5H10O/c1-3-9-6-5-7-10(4-2)8-9;1-3-5(6)4-2/h5-8H,3-4H2,1-2H3;3-4H2,1-2H3. The van der Waals surface area contributed by atoms with Crippen molar-refractivity contribution in [2.24, 2.45) is 0 Å². The van der Waals surface area contributed by atoms with Crippen molar-refractivity contribution in [3.63, 3.8) is 0 Å². The highest BCUT2D eigenvalue weighted by Gasteiger charge is 1.89. The molecule has 0 heterocycles. The van der Waals surface area contributed by atoms with Crippen LogP contribution in [0.25, 0.3) is 0 Å². The maximum Gasteiger partial charge on any atom is 0.132 e. The zero-order valence-corrected chi connectivity index (χ0v) is 11.0. The lowest BCUT2D eigenvalue weighted by molar-refractivity contribution is -0.118. The molecule has 0 bridgehead atoms. The van der Waals surface area contributed by atoms with E-state index >= 15 is 0 Å². The number of benzene rings is 1. The van der Waals surface area contributed by atoms with Crippen molar-refractivity contribution in [2.45, 2.75) is 53.4 Å². The molecule has 0 fully saturated rings. The predicted molar refractivity (Wildman–Crippen MR) is 70.8 cm³/mol. The molecule has 0 radical (unpaired) electrons. The minimum absolute atomic E-state index is 0.343. The van der Waals surface area contributed by atoms with Crippen LogP contribution < -0.4 is 0 Å². The lowest BCUT2D eigenvalue weighted by atomic mass is 10.1. The highest BCUT2D eigenvalue weighted by Crippen LogP contribution is 2.05. The van der Waals surface area contributed by atoms with Gasteiger partial charge in [-0.1, -0.05) is 52.0 Å². The number of hydrogen-bond acceptors (Lipinski definition) is 1. The first-order valence-electron chi connectivity index (χ1n) is 6.27. The van der Waals surface area contributed by atoms with Crippen molar-refractivity contribution in [2.75, 3.05) is 0 Å². The monoisotopic (exact) mass is 220 g/mol. The smallest absolute Gasteiger partial charge is 0.132 e. The van der Waals surface area contributed by atoms with Crippen molar-refractivity contribution < 1.29 is 4.79 Å². The van der Waals surface area contributed by atoms with Gasteiger partial charge in [0.15, 0.2) is 0 Å². The van der Waals surface area contributed by atoms with E-state index < -0.39 is 0 Å². The van der Waals surface area contributed by atoms with Gasteiger partial charge in [0, 0.05) is 12.8 Å². The molecule has 0 spiro atoms. The maximum absolute atomic E-state index is 10.2. The number of Topliss-reactive ketones (excluding diaryl/α,β-unsaturated/α-hetero) is 1. The number of rotatable bonds is 4. The molecule has 1 aromatic rings. The van der Waals surface area contributed by atoms with E-state index in [0.29, 0.717) is 18.6 Å². The molecule has 0 saturated heterocycles. The highest BCUT2D eigenvalue weighted by molar-refractivity contribution is 5.77. The fourth-order valence-corrected chi connectivity index (χ4v) is 1.32. The first kappa shape index (κ1) is 14.9. The van der Waals surface area contributed by atoms with Crippen LogP contribution in [0.2, 0.25) is 0 Å². The molecule has 0 unspecified atom stereocenters. The van der Waals surface area contributed by atoms with Crippen LogP contribution in [-0.4, -0.2) is 5.78 Å². The molecule has 0 aliphatic rings. The molecule has 1 aromatic carbocycles. The molecule has 0 aromatic heterocycles. The van der Waals surface area contributed by atoms with Crippen LogP contribution in [0.4, 0.5) is 0 Å². The Hall–Kier alpha value is -1.11. The summed E-state index contributed by atoms with van der Waals surface area (Å²) in [6.07, 6.45) is 3.68. The van der Waals surface area contributed by atoms with E-state index in [1.54, 1.807) is 0 Å². The Bertz CT molecular complexity index is 277. The molecule has 0 amide bonds. The fraction of sp³-hybridized carbons (Fsp3) is 0.533. The largest absolute Gasteiger partial charge is 0.300 e. The zero-order chi connectivity index (χ0) is 12.4. The van der Waals surface area contributed by atoms with Crippen molar-refractivity contribution in [1.82, 2.24) is 0 Å². The van der Waals surface area contributed by atoms with Gasteiger partial charge in [0.1, 0.15) is 5.78 Å². The first-order chi connectivity index (χ1) is 7.67. The second kappa shape index (κ2) is 9.14. The second-order valence-electron chi connectivity index (χ2n) is 3.77. The van der Waals surface area contributed by atoms with Crippen LogP contribution in [-0.2, 0) is 17.6 Å². The Morgan fingerprint density at radius 3 is 1.62 bits per heavy atom. The maximum atomic E-state index is 10.2. The zero-order valence-electron chi connectivity index (χ0n) is 11.0. The SMILES string of the molecule is CCC(=O)CC.CCc1cccc(CC)c1. The summed E-state index contributed by atoms with van der Waals surface area (Å²) >= 11 is 0. The Labute approximate surface area is 99.9 Å². The summed E-state index contributed by atoms with van der Waals surface area (Å²) in [5.74, 6) is 0.343. The molecule has 1 nitrogen and oxygen atoms in total. The molecule has 0 saturated carbocycles. The number of aryl methyl sites for hydroxylation is 2. The third kappa shape index (κ3) is 6.39. The summed E-state index contributed by atoms with van der Waals surface area (Å²) in [6, 6.07) is 8.77. The van der Waals surface area contributed by atoms with E-state index in [1.165, 1.54) is 11.1 Å². The van der Waals surface area contributed by atoms with Crippen LogP contribution in [0.5, 0.6) is 0 Å². The van der Waals surface area contributed by atoms with Crippen LogP contribution in [0, 0.1) is 0 Å². The van der Waals surface area contributed by atoms with Crippen LogP contribution in [0.15, 0.2) is 24.3 Å². The van der Waals surface area contributed by atoms with Gasteiger partial charge in [-0.15, -0.1) is 0 Å². The summed E-state index contributed by atoms with van der Waals surface area (Å²) in [7, 11) is 0. The van der Waals surface area contributed by atoms with E-state index in [0.717, 1.165) is 12.8 Å². The Balaban J connectivity index is 0.000000325. The molecule has 0 aliphatic heterocycles. The van der Waals surface area contributed by atoms with E-state index in [1.807, 2.05) is 13.8 Å². The van der Waals surface area contributed by atoms with Gasteiger partial charge in [-0.05, 0) is 24.0 Å². The summed E-state index contributed by atoms with van der Waals surface area (Å²) in [5, 5.41) is 0. The Morgan fingerprint density at radius 2 is 1.38 bits per heavy atom. The van der Waals surface area contributed by atoms with Gasteiger partial charge in [-0.3, -0.25) is 4.79 Å². The van der Waals surface area contributed by atoms with Gasteiger partial charge < -0.3 is 0 Å². The predicted octanol–water partition coefficient (Wildman–Crippen LogP) is 4.19. The molecule has 0 aliphatic carbocycles. The number of carbonyl (C=O) groups is 1. The normalized spacial score (nSPS) is 9.25. The summed E-state index contributed by atoms with van der Waals surface area (Å²) in [5.41, 5.74) is 2.89. The van der Waals surface area contributed by atoms with Gasteiger partial charge >= 0.3 is 0 Å². The Kier molecular flexibility index (Phi) is 8.51. The van der Waals surface area contributed by atoms with Gasteiger partial charge in [0.05, 0.1) is 0 Å². The van der Waals surface area contributed by atoms with Crippen LogP contribution in [0.1, 0.15) is 51.7 Å². The number of hydrogen-bond donors (Lipinski definition) is 0. The van der Waals surface area contributed by atoms with Gasteiger partial charge in [0.25, 0.3) is 0 Å². The van der Waals surface area contributed by atoms with Gasteiger partial charge in [-0.2, -0.15) is 0 Å². The molecular weight excluding hydrogens is 196 g/mol. The summed E-state index contributed by atoms with van der Waals surface area (Å²) < 4.78 is 0. The lowest BCUT2D eigenvalue weighted by Gasteiger charge is -1.98. The quantitative estimate of drug-likeness (QED) is 0.743. The molecule has 90 valence electrons.